The molecule has 1 aromatic carbocycles. The van der Waals surface area contributed by atoms with Crippen molar-refractivity contribution < 1.29 is 4.74 Å². The quantitative estimate of drug-likeness (QED) is 0.674. The van der Waals surface area contributed by atoms with Crippen LogP contribution in [0.5, 0.6) is 0 Å². The van der Waals surface area contributed by atoms with E-state index < -0.39 is 0 Å². The predicted molar refractivity (Wildman–Crippen MR) is 82.4 cm³/mol. The van der Waals surface area contributed by atoms with Crippen molar-refractivity contribution in [2.45, 2.75) is 58.9 Å². The highest BCUT2D eigenvalue weighted by molar-refractivity contribution is 5.31. The van der Waals surface area contributed by atoms with Crippen LogP contribution < -0.4 is 5.73 Å². The first-order chi connectivity index (χ1) is 9.15. The number of aryl methyl sites for hydroxylation is 2. The van der Waals surface area contributed by atoms with Crippen LogP contribution in [0.1, 0.15) is 61.8 Å². The molecule has 0 aromatic heterocycles. The standard InChI is InChI=1S/C17H29NO/c1-4-5-6-7-8-11-19-13-17(18)16-10-9-14(2)15(3)12-16/h9-10,12,17H,4-8,11,13,18H2,1-3H3. The van der Waals surface area contributed by atoms with Crippen LogP contribution in [-0.4, -0.2) is 13.2 Å². The fourth-order valence-corrected chi connectivity index (χ4v) is 2.11. The molecule has 108 valence electrons. The van der Waals surface area contributed by atoms with Crippen LogP contribution in [0.25, 0.3) is 0 Å². The molecule has 2 nitrogen and oxygen atoms in total. The van der Waals surface area contributed by atoms with Gasteiger partial charge < -0.3 is 10.5 Å². The Morgan fingerprint density at radius 2 is 1.79 bits per heavy atom. The van der Waals surface area contributed by atoms with Gasteiger partial charge in [0.15, 0.2) is 0 Å². The monoisotopic (exact) mass is 263 g/mol. The van der Waals surface area contributed by atoms with Crippen molar-refractivity contribution in [1.82, 2.24) is 0 Å². The van der Waals surface area contributed by atoms with Crippen molar-refractivity contribution in [3.8, 4) is 0 Å². The number of hydrogen-bond donors (Lipinski definition) is 1. The maximum Gasteiger partial charge on any atom is 0.0659 e. The molecule has 0 bridgehead atoms. The van der Waals surface area contributed by atoms with E-state index in [1.807, 2.05) is 0 Å². The number of hydrogen-bond acceptors (Lipinski definition) is 2. The van der Waals surface area contributed by atoms with Crippen molar-refractivity contribution in [2.24, 2.45) is 5.73 Å². The van der Waals surface area contributed by atoms with Gasteiger partial charge in [-0.05, 0) is 37.0 Å². The molecule has 0 fully saturated rings. The van der Waals surface area contributed by atoms with Gasteiger partial charge in [-0.25, -0.2) is 0 Å². The molecule has 0 saturated heterocycles. The third kappa shape index (κ3) is 6.22. The van der Waals surface area contributed by atoms with Crippen molar-refractivity contribution in [3.63, 3.8) is 0 Å². The lowest BCUT2D eigenvalue weighted by Gasteiger charge is -2.14. The van der Waals surface area contributed by atoms with Gasteiger partial charge in [0.05, 0.1) is 12.6 Å². The average Bonchev–Trinajstić information content (AvgIpc) is 2.40. The number of rotatable bonds is 9. The minimum Gasteiger partial charge on any atom is -0.379 e. The number of unbranched alkanes of at least 4 members (excludes halogenated alkanes) is 4. The molecule has 1 aromatic rings. The minimum absolute atomic E-state index is 0.00468. The summed E-state index contributed by atoms with van der Waals surface area (Å²) in [6.07, 6.45) is 6.37. The first-order valence-corrected chi connectivity index (χ1v) is 7.55. The Morgan fingerprint density at radius 1 is 1.05 bits per heavy atom. The van der Waals surface area contributed by atoms with Crippen LogP contribution in [-0.2, 0) is 4.74 Å². The number of ether oxygens (including phenoxy) is 1. The Bertz CT molecular complexity index is 362. The maximum atomic E-state index is 6.15. The lowest BCUT2D eigenvalue weighted by atomic mass is 10.0. The van der Waals surface area contributed by atoms with Gasteiger partial charge in [-0.3, -0.25) is 0 Å². The number of nitrogens with two attached hydrogens (primary N) is 1. The van der Waals surface area contributed by atoms with Crippen LogP contribution in [0.15, 0.2) is 18.2 Å². The van der Waals surface area contributed by atoms with E-state index in [1.165, 1.54) is 42.4 Å². The Balaban J connectivity index is 2.20. The second-order valence-corrected chi connectivity index (χ2v) is 5.44. The fraction of sp³-hybridized carbons (Fsp3) is 0.647. The molecule has 2 heteroatoms. The Labute approximate surface area is 118 Å². The summed E-state index contributed by atoms with van der Waals surface area (Å²) in [5, 5.41) is 0. The molecule has 0 aliphatic rings. The van der Waals surface area contributed by atoms with E-state index in [0.717, 1.165) is 13.0 Å². The molecule has 1 unspecified atom stereocenters. The molecule has 1 atom stereocenters. The van der Waals surface area contributed by atoms with E-state index in [1.54, 1.807) is 0 Å². The zero-order chi connectivity index (χ0) is 14.1. The molecule has 1 rings (SSSR count). The third-order valence-corrected chi connectivity index (χ3v) is 3.65. The minimum atomic E-state index is -0.00468. The van der Waals surface area contributed by atoms with Crippen LogP contribution in [0, 0.1) is 13.8 Å². The van der Waals surface area contributed by atoms with E-state index in [4.69, 9.17) is 10.5 Å². The zero-order valence-electron chi connectivity index (χ0n) is 12.7. The molecule has 0 radical (unpaired) electrons. The SMILES string of the molecule is CCCCCCCOCC(N)c1ccc(C)c(C)c1. The van der Waals surface area contributed by atoms with E-state index in [-0.39, 0.29) is 6.04 Å². The lowest BCUT2D eigenvalue weighted by Crippen LogP contribution is -2.17. The summed E-state index contributed by atoms with van der Waals surface area (Å²) >= 11 is 0. The van der Waals surface area contributed by atoms with Gasteiger partial charge in [-0.1, -0.05) is 50.8 Å². The molecule has 0 spiro atoms. The Morgan fingerprint density at radius 3 is 2.47 bits per heavy atom. The van der Waals surface area contributed by atoms with E-state index in [0.29, 0.717) is 6.61 Å². The first-order valence-electron chi connectivity index (χ1n) is 7.55. The normalized spacial score (nSPS) is 12.6. The van der Waals surface area contributed by atoms with Crippen LogP contribution in [0.3, 0.4) is 0 Å². The molecule has 0 saturated carbocycles. The van der Waals surface area contributed by atoms with E-state index >= 15 is 0 Å². The third-order valence-electron chi connectivity index (χ3n) is 3.65. The largest absolute Gasteiger partial charge is 0.379 e. The molecular formula is C17H29NO. The predicted octanol–water partition coefficient (Wildman–Crippen LogP) is 4.29. The molecule has 19 heavy (non-hydrogen) atoms. The molecule has 0 aliphatic carbocycles. The second-order valence-electron chi connectivity index (χ2n) is 5.44. The smallest absolute Gasteiger partial charge is 0.0659 e. The van der Waals surface area contributed by atoms with Crippen molar-refractivity contribution in [3.05, 3.63) is 34.9 Å². The summed E-state index contributed by atoms with van der Waals surface area (Å²) in [5.74, 6) is 0. The van der Waals surface area contributed by atoms with E-state index in [2.05, 4.69) is 39.0 Å². The molecule has 0 aliphatic heterocycles. The highest BCUT2D eigenvalue weighted by Gasteiger charge is 2.06. The van der Waals surface area contributed by atoms with Gasteiger partial charge in [0.1, 0.15) is 0 Å². The highest BCUT2D eigenvalue weighted by atomic mass is 16.5. The molecule has 2 N–H and O–H groups in total. The van der Waals surface area contributed by atoms with Gasteiger partial charge in [-0.2, -0.15) is 0 Å². The Kier molecular flexibility index (Phi) is 7.76. The molecule has 0 amide bonds. The van der Waals surface area contributed by atoms with Crippen LogP contribution >= 0.6 is 0 Å². The fourth-order valence-electron chi connectivity index (χ4n) is 2.11. The van der Waals surface area contributed by atoms with Crippen LogP contribution in [0.2, 0.25) is 0 Å². The maximum absolute atomic E-state index is 6.15. The van der Waals surface area contributed by atoms with Gasteiger partial charge in [0.25, 0.3) is 0 Å². The average molecular weight is 263 g/mol. The number of benzene rings is 1. The molecule has 0 heterocycles. The zero-order valence-corrected chi connectivity index (χ0v) is 12.7. The summed E-state index contributed by atoms with van der Waals surface area (Å²) < 4.78 is 5.68. The summed E-state index contributed by atoms with van der Waals surface area (Å²) in [4.78, 5) is 0. The van der Waals surface area contributed by atoms with E-state index in [9.17, 15) is 0 Å². The topological polar surface area (TPSA) is 35.2 Å². The molecular weight excluding hydrogens is 234 g/mol. The van der Waals surface area contributed by atoms with Gasteiger partial charge >= 0.3 is 0 Å². The summed E-state index contributed by atoms with van der Waals surface area (Å²) in [7, 11) is 0. The summed E-state index contributed by atoms with van der Waals surface area (Å²) in [6, 6.07) is 6.41. The van der Waals surface area contributed by atoms with Gasteiger partial charge in [0, 0.05) is 6.61 Å². The van der Waals surface area contributed by atoms with Crippen molar-refractivity contribution in [1.29, 1.82) is 0 Å². The van der Waals surface area contributed by atoms with Gasteiger partial charge in [-0.15, -0.1) is 0 Å². The first kappa shape index (κ1) is 16.2. The van der Waals surface area contributed by atoms with Crippen molar-refractivity contribution >= 4 is 0 Å². The van der Waals surface area contributed by atoms with Crippen LogP contribution in [0.4, 0.5) is 0 Å². The Hall–Kier alpha value is -0.860. The summed E-state index contributed by atoms with van der Waals surface area (Å²) in [5.41, 5.74) is 9.94. The highest BCUT2D eigenvalue weighted by Crippen LogP contribution is 2.15. The summed E-state index contributed by atoms with van der Waals surface area (Å²) in [6.45, 7) is 7.94. The van der Waals surface area contributed by atoms with Gasteiger partial charge in [0.2, 0.25) is 0 Å². The van der Waals surface area contributed by atoms with Crippen molar-refractivity contribution in [2.75, 3.05) is 13.2 Å². The lowest BCUT2D eigenvalue weighted by molar-refractivity contribution is 0.117. The second kappa shape index (κ2) is 9.11.